The maximum absolute atomic E-state index is 13.6. The number of Topliss-reactive ketones (excluding diaryl/α,β-unsaturated/α-hetero) is 3. The molecule has 1 unspecified atom stereocenters. The summed E-state index contributed by atoms with van der Waals surface area (Å²) < 4.78 is 4.92. The van der Waals surface area contributed by atoms with Crippen LogP contribution in [0.1, 0.15) is 72.6 Å². The first-order valence-electron chi connectivity index (χ1n) is 11.4. The van der Waals surface area contributed by atoms with E-state index in [1.54, 1.807) is 0 Å². The lowest BCUT2D eigenvalue weighted by atomic mass is 9.44. The van der Waals surface area contributed by atoms with Crippen LogP contribution in [0, 0.1) is 40.4 Å². The highest BCUT2D eigenvalue weighted by molar-refractivity contribution is 5.93. The van der Waals surface area contributed by atoms with E-state index in [1.807, 2.05) is 13.8 Å². The van der Waals surface area contributed by atoms with E-state index in [0.717, 1.165) is 19.3 Å². The number of esters is 1. The van der Waals surface area contributed by atoms with Crippen molar-refractivity contribution in [1.29, 1.82) is 0 Å². The molecular weight excluding hydrogens is 384 g/mol. The summed E-state index contributed by atoms with van der Waals surface area (Å²) in [4.78, 5) is 49.9. The average Bonchev–Trinajstić information content (AvgIpc) is 2.87. The topological polar surface area (TPSA) is 97.7 Å². The Labute approximate surface area is 178 Å². The van der Waals surface area contributed by atoms with E-state index >= 15 is 0 Å². The number of ether oxygens (including phenoxy) is 1. The van der Waals surface area contributed by atoms with Gasteiger partial charge in [0.2, 0.25) is 5.78 Å². The van der Waals surface area contributed by atoms with Crippen LogP contribution in [-0.4, -0.2) is 40.6 Å². The van der Waals surface area contributed by atoms with Crippen LogP contribution in [0.5, 0.6) is 0 Å². The molecule has 4 fully saturated rings. The Bertz CT molecular complexity index is 804. The molecule has 6 heteroatoms. The minimum atomic E-state index is -1.67. The van der Waals surface area contributed by atoms with Crippen LogP contribution in [-0.2, 0) is 23.9 Å². The third-order valence-corrected chi connectivity index (χ3v) is 9.58. The molecule has 0 spiro atoms. The van der Waals surface area contributed by atoms with Gasteiger partial charge in [0, 0.05) is 37.5 Å². The second-order valence-electron chi connectivity index (χ2n) is 10.9. The summed E-state index contributed by atoms with van der Waals surface area (Å²) in [5, 5.41) is 11.7. The highest BCUT2D eigenvalue weighted by Crippen LogP contribution is 2.68. The van der Waals surface area contributed by atoms with Gasteiger partial charge in [-0.3, -0.25) is 19.2 Å². The minimum Gasteiger partial charge on any atom is -0.458 e. The molecule has 1 N–H and O–H groups in total. The maximum Gasteiger partial charge on any atom is 0.303 e. The molecule has 4 aliphatic rings. The van der Waals surface area contributed by atoms with E-state index in [0.29, 0.717) is 25.0 Å². The Balaban J connectivity index is 1.68. The molecule has 166 valence electrons. The van der Waals surface area contributed by atoms with Gasteiger partial charge in [-0.2, -0.15) is 0 Å². The van der Waals surface area contributed by atoms with Crippen molar-refractivity contribution in [3.8, 4) is 0 Å². The van der Waals surface area contributed by atoms with Crippen molar-refractivity contribution in [3.63, 3.8) is 0 Å². The molecule has 0 aromatic rings. The predicted octanol–water partition coefficient (Wildman–Crippen LogP) is 2.89. The normalized spacial score (nSPS) is 47.8. The van der Waals surface area contributed by atoms with Crippen LogP contribution in [0.4, 0.5) is 0 Å². The fourth-order valence-electron chi connectivity index (χ4n) is 8.07. The van der Waals surface area contributed by atoms with Gasteiger partial charge in [-0.15, -0.1) is 0 Å². The molecule has 0 amide bonds. The number of aliphatic hydroxyl groups is 1. The lowest BCUT2D eigenvalue weighted by Crippen LogP contribution is -2.63. The largest absolute Gasteiger partial charge is 0.458 e. The third-order valence-electron chi connectivity index (χ3n) is 9.58. The monoisotopic (exact) mass is 418 g/mol. The molecule has 4 aliphatic carbocycles. The van der Waals surface area contributed by atoms with E-state index in [2.05, 4.69) is 6.92 Å². The summed E-state index contributed by atoms with van der Waals surface area (Å²) in [5.74, 6) is -0.558. The van der Waals surface area contributed by atoms with Crippen LogP contribution >= 0.6 is 0 Å². The second kappa shape index (κ2) is 6.98. The molecule has 30 heavy (non-hydrogen) atoms. The van der Waals surface area contributed by atoms with Crippen LogP contribution in [0.2, 0.25) is 0 Å². The van der Waals surface area contributed by atoms with Gasteiger partial charge in [0.15, 0.2) is 6.61 Å². The number of hydrogen-bond donors (Lipinski definition) is 1. The van der Waals surface area contributed by atoms with Gasteiger partial charge < -0.3 is 9.84 Å². The fraction of sp³-hybridized carbons (Fsp3) is 0.833. The van der Waals surface area contributed by atoms with Crippen molar-refractivity contribution in [2.75, 3.05) is 6.61 Å². The standard InChI is InChI=1S/C24H34O6/c1-13-9-18-17-6-5-15-10-16(26)7-8-22(15,3)21(17)19(27)11-23(18,4)24(13,29)20(28)12-30-14(2)25/h13,15,17-18,21,29H,5-12H2,1-4H3/t13-,15?,17-,18-,21+,22-,23-,24-/m0/s1. The quantitative estimate of drug-likeness (QED) is 0.708. The van der Waals surface area contributed by atoms with Crippen LogP contribution in [0.3, 0.4) is 0 Å². The smallest absolute Gasteiger partial charge is 0.303 e. The lowest BCUT2D eigenvalue weighted by Gasteiger charge is -2.59. The molecule has 6 nitrogen and oxygen atoms in total. The first-order valence-corrected chi connectivity index (χ1v) is 11.4. The first-order chi connectivity index (χ1) is 13.9. The van der Waals surface area contributed by atoms with Gasteiger partial charge in [-0.05, 0) is 54.8 Å². The Morgan fingerprint density at radius 1 is 1.20 bits per heavy atom. The van der Waals surface area contributed by atoms with Gasteiger partial charge in [0.25, 0.3) is 0 Å². The predicted molar refractivity (Wildman–Crippen MR) is 108 cm³/mol. The van der Waals surface area contributed by atoms with Crippen molar-refractivity contribution in [2.45, 2.75) is 78.2 Å². The number of carbonyl (C=O) groups excluding carboxylic acids is 4. The van der Waals surface area contributed by atoms with Crippen molar-refractivity contribution in [2.24, 2.45) is 40.4 Å². The number of ketones is 3. The molecule has 0 aromatic carbocycles. The molecule has 0 bridgehead atoms. The number of carbonyl (C=O) groups is 4. The Morgan fingerprint density at radius 3 is 2.57 bits per heavy atom. The van der Waals surface area contributed by atoms with E-state index < -0.39 is 29.4 Å². The van der Waals surface area contributed by atoms with E-state index in [1.165, 1.54) is 6.92 Å². The van der Waals surface area contributed by atoms with Crippen LogP contribution < -0.4 is 0 Å². The number of fused-ring (bicyclic) bond motifs is 5. The van der Waals surface area contributed by atoms with Gasteiger partial charge in [-0.1, -0.05) is 20.8 Å². The molecule has 8 atom stereocenters. The summed E-state index contributed by atoms with van der Waals surface area (Å²) >= 11 is 0. The average molecular weight is 419 g/mol. The highest BCUT2D eigenvalue weighted by Gasteiger charge is 2.71. The van der Waals surface area contributed by atoms with E-state index in [-0.39, 0.29) is 47.2 Å². The molecule has 0 saturated heterocycles. The fourth-order valence-corrected chi connectivity index (χ4v) is 8.07. The molecule has 4 rings (SSSR count). The van der Waals surface area contributed by atoms with Gasteiger partial charge in [0.05, 0.1) is 0 Å². The van der Waals surface area contributed by atoms with Crippen molar-refractivity contribution in [3.05, 3.63) is 0 Å². The molecule has 0 aromatic heterocycles. The zero-order valence-corrected chi connectivity index (χ0v) is 18.5. The lowest BCUT2D eigenvalue weighted by molar-refractivity contribution is -0.183. The summed E-state index contributed by atoms with van der Waals surface area (Å²) in [6.45, 7) is 6.74. The Morgan fingerprint density at radius 2 is 1.90 bits per heavy atom. The Hall–Kier alpha value is -1.56. The molecule has 4 saturated carbocycles. The van der Waals surface area contributed by atoms with Crippen molar-refractivity contribution >= 4 is 23.3 Å². The summed E-state index contributed by atoms with van der Waals surface area (Å²) in [6.07, 6.45) is 4.54. The third kappa shape index (κ3) is 2.78. The summed E-state index contributed by atoms with van der Waals surface area (Å²) in [6, 6.07) is 0. The Kier molecular flexibility index (Phi) is 5.04. The van der Waals surface area contributed by atoms with Gasteiger partial charge in [0.1, 0.15) is 17.2 Å². The number of rotatable bonds is 3. The zero-order valence-electron chi connectivity index (χ0n) is 18.5. The molecule has 0 radical (unpaired) electrons. The second-order valence-corrected chi connectivity index (χ2v) is 10.9. The summed E-state index contributed by atoms with van der Waals surface area (Å²) in [7, 11) is 0. The molecule has 0 aliphatic heterocycles. The van der Waals surface area contributed by atoms with Crippen LogP contribution in [0.15, 0.2) is 0 Å². The minimum absolute atomic E-state index is 0.0666. The highest BCUT2D eigenvalue weighted by atomic mass is 16.5. The van der Waals surface area contributed by atoms with Gasteiger partial charge in [-0.25, -0.2) is 0 Å². The van der Waals surface area contributed by atoms with Crippen molar-refractivity contribution < 1.29 is 29.0 Å². The van der Waals surface area contributed by atoms with E-state index in [9.17, 15) is 24.3 Å². The SMILES string of the molecule is CC(=O)OCC(=O)[C@@]1(O)[C@@H](C)C[C@H]2[C@@H]3CCC4CC(=O)CC[C@]4(C)[C@H]3C(=O)C[C@@]21C. The zero-order chi connectivity index (χ0) is 22.1. The van der Waals surface area contributed by atoms with E-state index in [4.69, 9.17) is 4.74 Å². The maximum atomic E-state index is 13.6. The van der Waals surface area contributed by atoms with Crippen molar-refractivity contribution in [1.82, 2.24) is 0 Å². The number of hydrogen-bond acceptors (Lipinski definition) is 6. The van der Waals surface area contributed by atoms with Gasteiger partial charge >= 0.3 is 5.97 Å². The molecular formula is C24H34O6. The summed E-state index contributed by atoms with van der Waals surface area (Å²) in [5.41, 5.74) is -2.69. The van der Waals surface area contributed by atoms with Crippen LogP contribution in [0.25, 0.3) is 0 Å². The first kappa shape index (κ1) is 21.7. The molecule has 0 heterocycles.